The second-order valence-corrected chi connectivity index (χ2v) is 4.83. The number of allylic oxidation sites excluding steroid dienone is 2. The van der Waals surface area contributed by atoms with Gasteiger partial charge >= 0.3 is 0 Å². The van der Waals surface area contributed by atoms with Crippen molar-refractivity contribution >= 4 is 28.1 Å². The predicted octanol–water partition coefficient (Wildman–Crippen LogP) is 3.92. The van der Waals surface area contributed by atoms with E-state index < -0.39 is 0 Å². The molecular formula is C12H11BrO. The van der Waals surface area contributed by atoms with Crippen LogP contribution in [-0.2, 0) is 12.8 Å². The zero-order valence-electron chi connectivity index (χ0n) is 7.85. The van der Waals surface area contributed by atoms with Crippen molar-refractivity contribution < 1.29 is 4.42 Å². The normalized spacial score (nSPS) is 18.8. The fraction of sp³-hybridized carbons (Fsp3) is 0.333. The minimum Gasteiger partial charge on any atom is -0.465 e. The summed E-state index contributed by atoms with van der Waals surface area (Å²) in [5, 5.41) is 0. The maximum atomic E-state index is 5.86. The Balaban J connectivity index is 2.21. The summed E-state index contributed by atoms with van der Waals surface area (Å²) in [5.41, 5.74) is 2.61. The molecule has 0 amide bonds. The van der Waals surface area contributed by atoms with E-state index in [-0.39, 0.29) is 0 Å². The predicted molar refractivity (Wildman–Crippen MR) is 61.3 cm³/mol. The summed E-state index contributed by atoms with van der Waals surface area (Å²) in [6.45, 7) is 0. The summed E-state index contributed by atoms with van der Waals surface area (Å²) >= 11 is 3.57. The van der Waals surface area contributed by atoms with Gasteiger partial charge in [0, 0.05) is 24.0 Å². The van der Waals surface area contributed by atoms with Crippen LogP contribution in [0.15, 0.2) is 15.0 Å². The molecule has 1 nitrogen and oxygen atoms in total. The van der Waals surface area contributed by atoms with E-state index in [4.69, 9.17) is 4.42 Å². The number of furan rings is 1. The quantitative estimate of drug-likeness (QED) is 0.681. The minimum atomic E-state index is 1.03. The number of hydrogen-bond acceptors (Lipinski definition) is 1. The van der Waals surface area contributed by atoms with Crippen molar-refractivity contribution in [2.24, 2.45) is 0 Å². The molecule has 2 aliphatic carbocycles. The van der Waals surface area contributed by atoms with Crippen molar-refractivity contribution in [2.45, 2.75) is 25.7 Å². The van der Waals surface area contributed by atoms with Crippen LogP contribution in [0.5, 0.6) is 0 Å². The van der Waals surface area contributed by atoms with Gasteiger partial charge in [-0.25, -0.2) is 0 Å². The molecule has 0 N–H and O–H groups in total. The zero-order valence-corrected chi connectivity index (χ0v) is 9.43. The van der Waals surface area contributed by atoms with Crippen molar-refractivity contribution in [1.29, 1.82) is 0 Å². The molecule has 2 aliphatic rings. The van der Waals surface area contributed by atoms with E-state index in [1.165, 1.54) is 27.1 Å². The second-order valence-electron chi connectivity index (χ2n) is 3.81. The molecule has 0 unspecified atom stereocenters. The zero-order chi connectivity index (χ0) is 9.54. The Morgan fingerprint density at radius 1 is 1.07 bits per heavy atom. The van der Waals surface area contributed by atoms with Crippen molar-refractivity contribution in [2.75, 3.05) is 0 Å². The van der Waals surface area contributed by atoms with Gasteiger partial charge in [-0.15, -0.1) is 0 Å². The molecule has 0 fully saturated rings. The summed E-state index contributed by atoms with van der Waals surface area (Å²) in [7, 11) is 0. The first-order valence-corrected chi connectivity index (χ1v) is 5.81. The van der Waals surface area contributed by atoms with Gasteiger partial charge in [0.15, 0.2) is 0 Å². The largest absolute Gasteiger partial charge is 0.465 e. The molecule has 0 spiro atoms. The number of aryl methyl sites for hydroxylation is 2. The lowest BCUT2D eigenvalue weighted by molar-refractivity contribution is 0.462. The summed E-state index contributed by atoms with van der Waals surface area (Å²) in [5.74, 6) is 2.35. The first kappa shape index (κ1) is 8.54. The van der Waals surface area contributed by atoms with Crippen molar-refractivity contribution in [3.63, 3.8) is 0 Å². The number of rotatable bonds is 0. The lowest BCUT2D eigenvalue weighted by atomic mass is 9.97. The molecule has 0 saturated carbocycles. The molecule has 0 saturated heterocycles. The SMILES string of the molecule is BrC1=Cc2c(oc3c2C=CCC3)CC1. The second kappa shape index (κ2) is 3.13. The number of fused-ring (bicyclic) bond motifs is 3. The Morgan fingerprint density at radius 2 is 1.93 bits per heavy atom. The average molecular weight is 251 g/mol. The van der Waals surface area contributed by atoms with Crippen LogP contribution >= 0.6 is 15.9 Å². The van der Waals surface area contributed by atoms with Gasteiger partial charge in [0.1, 0.15) is 11.5 Å². The minimum absolute atomic E-state index is 1.03. The van der Waals surface area contributed by atoms with Crippen molar-refractivity contribution in [1.82, 2.24) is 0 Å². The molecule has 0 radical (unpaired) electrons. The average Bonchev–Trinajstić information content (AvgIpc) is 2.56. The molecule has 2 heteroatoms. The summed E-state index contributed by atoms with van der Waals surface area (Å²) in [6, 6.07) is 0. The Kier molecular flexibility index (Phi) is 1.91. The van der Waals surface area contributed by atoms with Crippen LogP contribution < -0.4 is 0 Å². The van der Waals surface area contributed by atoms with Crippen molar-refractivity contribution in [3.05, 3.63) is 33.2 Å². The highest BCUT2D eigenvalue weighted by Gasteiger charge is 2.21. The van der Waals surface area contributed by atoms with Crippen LogP contribution in [0.1, 0.15) is 35.5 Å². The fourth-order valence-corrected chi connectivity index (χ4v) is 2.58. The molecule has 1 heterocycles. The van der Waals surface area contributed by atoms with E-state index in [2.05, 4.69) is 34.2 Å². The monoisotopic (exact) mass is 250 g/mol. The molecule has 72 valence electrons. The Morgan fingerprint density at radius 3 is 2.86 bits per heavy atom. The summed E-state index contributed by atoms with van der Waals surface area (Å²) < 4.78 is 7.14. The van der Waals surface area contributed by atoms with Crippen LogP contribution in [0, 0.1) is 0 Å². The molecule has 0 aliphatic heterocycles. The number of hydrogen-bond donors (Lipinski definition) is 0. The molecule has 0 bridgehead atoms. The molecular weight excluding hydrogens is 240 g/mol. The first-order chi connectivity index (χ1) is 6.84. The van der Waals surface area contributed by atoms with Gasteiger partial charge in [0.05, 0.1) is 0 Å². The Bertz CT molecular complexity index is 437. The molecule has 0 atom stereocenters. The third-order valence-corrected chi connectivity index (χ3v) is 3.48. The maximum absolute atomic E-state index is 5.86. The van der Waals surface area contributed by atoms with E-state index in [9.17, 15) is 0 Å². The maximum Gasteiger partial charge on any atom is 0.112 e. The third kappa shape index (κ3) is 1.21. The van der Waals surface area contributed by atoms with Crippen LogP contribution in [-0.4, -0.2) is 0 Å². The van der Waals surface area contributed by atoms with Gasteiger partial charge in [-0.3, -0.25) is 0 Å². The van der Waals surface area contributed by atoms with Gasteiger partial charge in [-0.05, 0) is 23.4 Å². The van der Waals surface area contributed by atoms with Gasteiger partial charge in [0.25, 0.3) is 0 Å². The topological polar surface area (TPSA) is 13.1 Å². The van der Waals surface area contributed by atoms with Gasteiger partial charge in [0.2, 0.25) is 0 Å². The molecule has 3 rings (SSSR count). The van der Waals surface area contributed by atoms with Gasteiger partial charge in [-0.1, -0.05) is 28.1 Å². The Hall–Kier alpha value is -0.760. The van der Waals surface area contributed by atoms with Gasteiger partial charge < -0.3 is 4.42 Å². The van der Waals surface area contributed by atoms with E-state index in [0.717, 1.165) is 25.7 Å². The lowest BCUT2D eigenvalue weighted by Gasteiger charge is -2.07. The molecule has 1 aromatic rings. The van der Waals surface area contributed by atoms with E-state index >= 15 is 0 Å². The summed E-state index contributed by atoms with van der Waals surface area (Å²) in [6.07, 6.45) is 10.9. The Labute approximate surface area is 91.6 Å². The van der Waals surface area contributed by atoms with E-state index in [1.807, 2.05) is 0 Å². The van der Waals surface area contributed by atoms with Crippen LogP contribution in [0.4, 0.5) is 0 Å². The first-order valence-electron chi connectivity index (χ1n) is 5.02. The van der Waals surface area contributed by atoms with Crippen LogP contribution in [0.3, 0.4) is 0 Å². The molecule has 14 heavy (non-hydrogen) atoms. The standard InChI is InChI=1S/C12H11BrO/c13-8-5-6-12-10(7-8)9-3-1-2-4-11(9)14-12/h1,3,7H,2,4-6H2. The highest BCUT2D eigenvalue weighted by atomic mass is 79.9. The lowest BCUT2D eigenvalue weighted by Crippen LogP contribution is -1.93. The van der Waals surface area contributed by atoms with E-state index in [1.54, 1.807) is 0 Å². The molecule has 1 aromatic heterocycles. The fourth-order valence-electron chi connectivity index (χ4n) is 2.15. The molecule has 0 aromatic carbocycles. The third-order valence-electron chi connectivity index (χ3n) is 2.85. The van der Waals surface area contributed by atoms with Crippen LogP contribution in [0.25, 0.3) is 12.2 Å². The number of halogens is 1. The summed E-state index contributed by atoms with van der Waals surface area (Å²) in [4.78, 5) is 0. The van der Waals surface area contributed by atoms with Crippen molar-refractivity contribution in [3.8, 4) is 0 Å². The highest BCUT2D eigenvalue weighted by molar-refractivity contribution is 9.11. The van der Waals surface area contributed by atoms with Crippen LogP contribution in [0.2, 0.25) is 0 Å². The van der Waals surface area contributed by atoms with E-state index in [0.29, 0.717) is 0 Å². The smallest absolute Gasteiger partial charge is 0.112 e. The highest BCUT2D eigenvalue weighted by Crippen LogP contribution is 2.36. The van der Waals surface area contributed by atoms with Gasteiger partial charge in [-0.2, -0.15) is 0 Å².